The molecule has 5 nitrogen and oxygen atoms in total. The van der Waals surface area contributed by atoms with Gasteiger partial charge in [0.15, 0.2) is 4.77 Å². The Morgan fingerprint density at radius 1 is 1.33 bits per heavy atom. The maximum Gasteiger partial charge on any atom is 0.261 e. The summed E-state index contributed by atoms with van der Waals surface area (Å²) >= 11 is 5.17. The van der Waals surface area contributed by atoms with Crippen molar-refractivity contribution in [3.63, 3.8) is 0 Å². The molecule has 128 valence electrons. The third-order valence-corrected chi connectivity index (χ3v) is 5.34. The maximum absolute atomic E-state index is 13.0. The quantitative estimate of drug-likeness (QED) is 0.868. The summed E-state index contributed by atoms with van der Waals surface area (Å²) in [6.07, 6.45) is 5.80. The van der Waals surface area contributed by atoms with Gasteiger partial charge in [0.05, 0.1) is 10.9 Å². The van der Waals surface area contributed by atoms with Crippen LogP contribution < -0.4 is 5.56 Å². The highest BCUT2D eigenvalue weighted by atomic mass is 32.1. The number of amides is 1. The lowest BCUT2D eigenvalue weighted by atomic mass is 9.93. The van der Waals surface area contributed by atoms with E-state index >= 15 is 0 Å². The molecule has 0 bridgehead atoms. The molecule has 1 N–H and O–H groups in total. The summed E-state index contributed by atoms with van der Waals surface area (Å²) in [6, 6.07) is 5.54. The number of benzene rings is 1. The number of aromatic amines is 1. The van der Waals surface area contributed by atoms with Crippen molar-refractivity contribution in [1.29, 1.82) is 0 Å². The number of nitrogens with one attached hydrogen (secondary N) is 1. The molecule has 0 radical (unpaired) electrons. The van der Waals surface area contributed by atoms with Crippen molar-refractivity contribution in [2.75, 3.05) is 6.54 Å². The van der Waals surface area contributed by atoms with E-state index in [9.17, 15) is 9.59 Å². The summed E-state index contributed by atoms with van der Waals surface area (Å²) in [6.45, 7) is 2.73. The van der Waals surface area contributed by atoms with Gasteiger partial charge in [-0.15, -0.1) is 0 Å². The van der Waals surface area contributed by atoms with Gasteiger partial charge in [-0.25, -0.2) is 0 Å². The van der Waals surface area contributed by atoms with Crippen molar-refractivity contribution in [1.82, 2.24) is 14.5 Å². The Kier molecular flexibility index (Phi) is 4.85. The van der Waals surface area contributed by atoms with Crippen LogP contribution in [0.4, 0.5) is 0 Å². The van der Waals surface area contributed by atoms with E-state index in [1.807, 2.05) is 11.8 Å². The highest BCUT2D eigenvalue weighted by molar-refractivity contribution is 7.71. The molecular weight excluding hydrogens is 322 g/mol. The molecule has 1 aromatic carbocycles. The van der Waals surface area contributed by atoms with Crippen LogP contribution in [0.2, 0.25) is 0 Å². The standard InChI is InChI=1S/C18H23N3O2S/c1-3-21(13-7-5-4-6-8-13)16(22)12-9-10-14-15(11-12)19-18(24)20(2)17(14)23/h9-11,13H,3-8H2,1-2H3,(H,19,24). The normalized spacial score (nSPS) is 15.6. The highest BCUT2D eigenvalue weighted by Crippen LogP contribution is 2.24. The monoisotopic (exact) mass is 345 g/mol. The summed E-state index contributed by atoms with van der Waals surface area (Å²) in [4.78, 5) is 30.2. The van der Waals surface area contributed by atoms with E-state index in [0.717, 1.165) is 12.8 Å². The molecule has 1 heterocycles. The van der Waals surface area contributed by atoms with Gasteiger partial charge in [-0.1, -0.05) is 19.3 Å². The number of hydrogen-bond acceptors (Lipinski definition) is 3. The van der Waals surface area contributed by atoms with Crippen LogP contribution >= 0.6 is 12.2 Å². The molecular formula is C18H23N3O2S. The van der Waals surface area contributed by atoms with Gasteiger partial charge in [0.1, 0.15) is 0 Å². The molecule has 2 aromatic rings. The fraction of sp³-hybridized carbons (Fsp3) is 0.500. The predicted octanol–water partition coefficient (Wildman–Crippen LogP) is 3.39. The van der Waals surface area contributed by atoms with Gasteiger partial charge in [0.2, 0.25) is 0 Å². The first-order valence-corrected chi connectivity index (χ1v) is 8.97. The lowest BCUT2D eigenvalue weighted by molar-refractivity contribution is 0.0648. The Balaban J connectivity index is 1.98. The van der Waals surface area contributed by atoms with Crippen LogP contribution in [0.25, 0.3) is 10.9 Å². The molecule has 1 aliphatic carbocycles. The second kappa shape index (κ2) is 6.89. The Morgan fingerprint density at radius 2 is 2.04 bits per heavy atom. The third kappa shape index (κ3) is 3.02. The lowest BCUT2D eigenvalue weighted by Crippen LogP contribution is -2.41. The zero-order valence-corrected chi connectivity index (χ0v) is 15.0. The number of nitrogens with zero attached hydrogens (tertiary/aromatic N) is 2. The first kappa shape index (κ1) is 16.9. The minimum Gasteiger partial charge on any atom is -0.336 e. The number of H-pyrrole nitrogens is 1. The van der Waals surface area contributed by atoms with E-state index in [1.54, 1.807) is 25.2 Å². The minimum absolute atomic E-state index is 0.0336. The zero-order valence-electron chi connectivity index (χ0n) is 14.2. The van der Waals surface area contributed by atoms with E-state index in [2.05, 4.69) is 4.98 Å². The van der Waals surface area contributed by atoms with Crippen molar-refractivity contribution >= 4 is 29.0 Å². The molecule has 0 saturated heterocycles. The van der Waals surface area contributed by atoms with Gasteiger partial charge in [-0.3, -0.25) is 14.2 Å². The van der Waals surface area contributed by atoms with Crippen molar-refractivity contribution in [2.45, 2.75) is 45.1 Å². The van der Waals surface area contributed by atoms with Gasteiger partial charge in [-0.05, 0) is 50.2 Å². The Morgan fingerprint density at radius 3 is 2.71 bits per heavy atom. The number of carbonyl (C=O) groups excluding carboxylic acids is 1. The molecule has 3 rings (SSSR count). The fourth-order valence-electron chi connectivity index (χ4n) is 3.57. The largest absolute Gasteiger partial charge is 0.336 e. The van der Waals surface area contributed by atoms with Crippen LogP contribution in [0.15, 0.2) is 23.0 Å². The zero-order chi connectivity index (χ0) is 17.3. The Hall–Kier alpha value is -1.95. The minimum atomic E-state index is -0.146. The van der Waals surface area contributed by atoms with E-state index in [1.165, 1.54) is 23.8 Å². The van der Waals surface area contributed by atoms with Crippen LogP contribution in [0.3, 0.4) is 0 Å². The van der Waals surface area contributed by atoms with Gasteiger partial charge < -0.3 is 9.88 Å². The summed E-state index contributed by atoms with van der Waals surface area (Å²) in [7, 11) is 1.64. The van der Waals surface area contributed by atoms with Crippen molar-refractivity contribution in [3.8, 4) is 0 Å². The summed E-state index contributed by atoms with van der Waals surface area (Å²) in [5, 5.41) is 0.545. The van der Waals surface area contributed by atoms with Crippen LogP contribution in [-0.4, -0.2) is 32.9 Å². The average molecular weight is 345 g/mol. The second-order valence-electron chi connectivity index (χ2n) is 6.44. The smallest absolute Gasteiger partial charge is 0.261 e. The fourth-order valence-corrected chi connectivity index (χ4v) is 3.76. The van der Waals surface area contributed by atoms with Crippen molar-refractivity contribution in [3.05, 3.63) is 38.9 Å². The van der Waals surface area contributed by atoms with Gasteiger partial charge in [-0.2, -0.15) is 0 Å². The van der Waals surface area contributed by atoms with Crippen LogP contribution in [0, 0.1) is 4.77 Å². The predicted molar refractivity (Wildman–Crippen MR) is 98.0 cm³/mol. The Labute approximate surface area is 146 Å². The van der Waals surface area contributed by atoms with Gasteiger partial charge >= 0.3 is 0 Å². The summed E-state index contributed by atoms with van der Waals surface area (Å²) in [5.74, 6) is 0.0336. The lowest BCUT2D eigenvalue weighted by Gasteiger charge is -2.33. The number of hydrogen-bond donors (Lipinski definition) is 1. The van der Waals surface area contributed by atoms with Crippen LogP contribution in [0.1, 0.15) is 49.4 Å². The molecule has 1 fully saturated rings. The number of carbonyl (C=O) groups is 1. The topological polar surface area (TPSA) is 58.1 Å². The maximum atomic E-state index is 13.0. The molecule has 0 aliphatic heterocycles. The number of aromatic nitrogens is 2. The molecule has 0 spiro atoms. The van der Waals surface area contributed by atoms with E-state index in [4.69, 9.17) is 12.2 Å². The molecule has 6 heteroatoms. The molecule has 0 atom stereocenters. The first-order valence-electron chi connectivity index (χ1n) is 8.57. The van der Waals surface area contributed by atoms with Gasteiger partial charge in [0.25, 0.3) is 11.5 Å². The second-order valence-corrected chi connectivity index (χ2v) is 6.82. The summed E-state index contributed by atoms with van der Waals surface area (Å²) in [5.41, 5.74) is 1.08. The Bertz CT molecular complexity index is 878. The van der Waals surface area contributed by atoms with Gasteiger partial charge in [0, 0.05) is 25.2 Å². The molecule has 1 aromatic heterocycles. The van der Waals surface area contributed by atoms with E-state index in [0.29, 0.717) is 33.8 Å². The molecule has 1 saturated carbocycles. The van der Waals surface area contributed by atoms with Crippen molar-refractivity contribution in [2.24, 2.45) is 7.05 Å². The highest BCUT2D eigenvalue weighted by Gasteiger charge is 2.25. The van der Waals surface area contributed by atoms with Crippen molar-refractivity contribution < 1.29 is 4.79 Å². The van der Waals surface area contributed by atoms with E-state index < -0.39 is 0 Å². The average Bonchev–Trinajstić information content (AvgIpc) is 2.61. The van der Waals surface area contributed by atoms with E-state index in [-0.39, 0.29) is 11.5 Å². The number of rotatable bonds is 3. The SMILES string of the molecule is CCN(C(=O)c1ccc2c(=O)n(C)c(=S)[nH]c2c1)C1CCCCC1. The van der Waals surface area contributed by atoms with Crippen LogP contribution in [-0.2, 0) is 7.05 Å². The first-order chi connectivity index (χ1) is 11.5. The third-order valence-electron chi connectivity index (χ3n) is 4.96. The molecule has 1 amide bonds. The molecule has 1 aliphatic rings. The molecule has 0 unspecified atom stereocenters. The molecule has 24 heavy (non-hydrogen) atoms. The van der Waals surface area contributed by atoms with Crippen LogP contribution in [0.5, 0.6) is 0 Å². The summed E-state index contributed by atoms with van der Waals surface area (Å²) < 4.78 is 1.76. The number of fused-ring (bicyclic) bond motifs is 1.